The Morgan fingerprint density at radius 1 is 0.545 bits per heavy atom. The summed E-state index contributed by atoms with van der Waals surface area (Å²) in [5, 5.41) is 0. The van der Waals surface area contributed by atoms with Crippen molar-refractivity contribution in [2.45, 2.75) is 200 Å². The second kappa shape index (κ2) is 41.6. The van der Waals surface area contributed by atoms with Crippen LogP contribution in [0.5, 0.6) is 0 Å². The maximum Gasteiger partial charge on any atom is 0.472 e. The van der Waals surface area contributed by atoms with Crippen LogP contribution in [0.25, 0.3) is 0 Å². The molecule has 0 aliphatic carbocycles. The third-order valence-electron chi connectivity index (χ3n) is 9.17. The Kier molecular flexibility index (Phi) is 40.1. The van der Waals surface area contributed by atoms with Crippen molar-refractivity contribution in [1.82, 2.24) is 0 Å². The van der Waals surface area contributed by atoms with E-state index in [0.717, 1.165) is 77.0 Å². The first-order chi connectivity index (χ1) is 26.8. The Labute approximate surface area is 336 Å². The predicted molar refractivity (Wildman–Crippen MR) is 229 cm³/mol. The molecule has 0 aliphatic rings. The van der Waals surface area contributed by atoms with Gasteiger partial charge in [0.25, 0.3) is 0 Å². The average Bonchev–Trinajstić information content (AvgIpc) is 3.17. The van der Waals surface area contributed by atoms with Gasteiger partial charge in [0.15, 0.2) is 6.10 Å². The number of ether oxygens (including phenoxy) is 2. The maximum absolute atomic E-state index is 12.6. The number of hydrogen-bond donors (Lipinski definition) is 2. The zero-order chi connectivity index (χ0) is 40.3. The molecule has 0 aromatic carbocycles. The van der Waals surface area contributed by atoms with Crippen LogP contribution in [0.4, 0.5) is 0 Å². The SMILES string of the molecule is CCC/C=C\C/C=C\CCCCCCCC(=O)OCC(COP(=O)(O)OCCN)OC(=O)CCCCCCCCCCC/C=C\C/C=C\CCCCCCC. The largest absolute Gasteiger partial charge is 0.472 e. The highest BCUT2D eigenvalue weighted by molar-refractivity contribution is 7.47. The van der Waals surface area contributed by atoms with Crippen LogP contribution in [-0.2, 0) is 32.7 Å². The Bertz CT molecular complexity index is 1040. The van der Waals surface area contributed by atoms with E-state index in [-0.39, 0.29) is 32.6 Å². The van der Waals surface area contributed by atoms with E-state index in [2.05, 4.69) is 62.5 Å². The molecule has 55 heavy (non-hydrogen) atoms. The number of esters is 2. The number of carbonyl (C=O) groups excluding carboxylic acids is 2. The van der Waals surface area contributed by atoms with Crippen LogP contribution in [0.15, 0.2) is 48.6 Å². The zero-order valence-corrected chi connectivity index (χ0v) is 36.0. The van der Waals surface area contributed by atoms with Gasteiger partial charge >= 0.3 is 19.8 Å². The first kappa shape index (κ1) is 53.0. The molecule has 0 saturated heterocycles. The molecule has 320 valence electrons. The highest BCUT2D eigenvalue weighted by atomic mass is 31.2. The highest BCUT2D eigenvalue weighted by Crippen LogP contribution is 2.43. The number of unbranched alkanes of at least 4 members (excludes halogenated alkanes) is 20. The molecule has 0 amide bonds. The molecule has 0 spiro atoms. The summed E-state index contributed by atoms with van der Waals surface area (Å²) in [5.41, 5.74) is 5.35. The van der Waals surface area contributed by atoms with Crippen molar-refractivity contribution in [2.75, 3.05) is 26.4 Å². The van der Waals surface area contributed by atoms with Gasteiger partial charge in [0, 0.05) is 19.4 Å². The van der Waals surface area contributed by atoms with E-state index >= 15 is 0 Å². The van der Waals surface area contributed by atoms with Crippen molar-refractivity contribution in [1.29, 1.82) is 0 Å². The molecule has 0 heterocycles. The predicted octanol–water partition coefficient (Wildman–Crippen LogP) is 12.7. The molecule has 0 bridgehead atoms. The second-order valence-corrected chi connectivity index (χ2v) is 16.0. The molecule has 0 rings (SSSR count). The van der Waals surface area contributed by atoms with Gasteiger partial charge in [0.05, 0.1) is 13.2 Å². The fourth-order valence-corrected chi connectivity index (χ4v) is 6.64. The van der Waals surface area contributed by atoms with E-state index in [9.17, 15) is 19.0 Å². The molecule has 0 fully saturated rings. The molecule has 0 aromatic heterocycles. The normalized spacial score (nSPS) is 13.7. The quantitative estimate of drug-likeness (QED) is 0.0268. The number of rotatable bonds is 41. The van der Waals surface area contributed by atoms with Crippen molar-refractivity contribution < 1.29 is 37.6 Å². The zero-order valence-electron chi connectivity index (χ0n) is 35.2. The van der Waals surface area contributed by atoms with Gasteiger partial charge in [-0.25, -0.2) is 4.57 Å². The van der Waals surface area contributed by atoms with Gasteiger partial charge in [0.2, 0.25) is 0 Å². The number of phosphoric acid groups is 1. The fourth-order valence-electron chi connectivity index (χ4n) is 5.88. The second-order valence-electron chi connectivity index (χ2n) is 14.6. The summed E-state index contributed by atoms with van der Waals surface area (Å²) in [4.78, 5) is 34.9. The van der Waals surface area contributed by atoms with Gasteiger partial charge < -0.3 is 20.1 Å². The minimum atomic E-state index is -4.38. The Hall–Kier alpha value is -2.03. The van der Waals surface area contributed by atoms with Gasteiger partial charge in [-0.3, -0.25) is 18.6 Å². The molecule has 3 N–H and O–H groups in total. The van der Waals surface area contributed by atoms with Crippen LogP contribution in [0.1, 0.15) is 194 Å². The summed E-state index contributed by atoms with van der Waals surface area (Å²) in [7, 11) is -4.38. The van der Waals surface area contributed by atoms with Gasteiger partial charge in [-0.2, -0.15) is 0 Å². The Morgan fingerprint density at radius 3 is 1.45 bits per heavy atom. The molecule has 10 heteroatoms. The first-order valence-electron chi connectivity index (χ1n) is 22.1. The lowest BCUT2D eigenvalue weighted by Gasteiger charge is -2.19. The van der Waals surface area contributed by atoms with Crippen LogP contribution >= 0.6 is 7.82 Å². The monoisotopic (exact) mass is 796 g/mol. The van der Waals surface area contributed by atoms with Crippen LogP contribution in [-0.4, -0.2) is 49.3 Å². The standard InChI is InChI=1S/C45H82NO8P/c1-3-5-7-9-11-13-15-17-18-19-20-21-22-23-24-26-28-30-32-34-36-38-45(48)54-43(42-53-55(49,50)52-40-39-46)41-51-44(47)37-35-33-31-29-27-25-16-14-12-10-8-6-4-2/h8,10,14-17,19-20,43H,3-7,9,11-13,18,21-42,46H2,1-2H3,(H,49,50)/b10-8-,16-14-,17-15-,20-19-. The summed E-state index contributed by atoms with van der Waals surface area (Å²) in [6, 6.07) is 0. The minimum absolute atomic E-state index is 0.0492. The Balaban J connectivity index is 4.13. The molecule has 2 atom stereocenters. The summed E-state index contributed by atoms with van der Waals surface area (Å²) < 4.78 is 32.8. The molecule has 0 saturated carbocycles. The van der Waals surface area contributed by atoms with E-state index in [0.29, 0.717) is 12.8 Å². The average molecular weight is 796 g/mol. The number of allylic oxidation sites excluding steroid dienone is 8. The molecule has 0 radical (unpaired) electrons. The van der Waals surface area contributed by atoms with Crippen molar-refractivity contribution in [2.24, 2.45) is 5.73 Å². The maximum atomic E-state index is 12.6. The third-order valence-corrected chi connectivity index (χ3v) is 10.2. The van der Waals surface area contributed by atoms with E-state index < -0.39 is 32.5 Å². The van der Waals surface area contributed by atoms with Crippen LogP contribution in [0, 0.1) is 0 Å². The lowest BCUT2D eigenvalue weighted by Crippen LogP contribution is -2.29. The van der Waals surface area contributed by atoms with Crippen LogP contribution in [0.2, 0.25) is 0 Å². The molecular weight excluding hydrogens is 713 g/mol. The Morgan fingerprint density at radius 2 is 0.982 bits per heavy atom. The topological polar surface area (TPSA) is 134 Å². The molecule has 0 aromatic rings. The summed E-state index contributed by atoms with van der Waals surface area (Å²) in [6.07, 6.45) is 47.1. The number of hydrogen-bond acceptors (Lipinski definition) is 8. The smallest absolute Gasteiger partial charge is 0.462 e. The number of nitrogens with two attached hydrogens (primary N) is 1. The summed E-state index contributed by atoms with van der Waals surface area (Å²) >= 11 is 0. The lowest BCUT2D eigenvalue weighted by atomic mass is 10.1. The van der Waals surface area contributed by atoms with Crippen molar-refractivity contribution in [3.63, 3.8) is 0 Å². The molecular formula is C45H82NO8P. The number of carbonyl (C=O) groups is 2. The van der Waals surface area contributed by atoms with Gasteiger partial charge in [-0.1, -0.05) is 159 Å². The van der Waals surface area contributed by atoms with E-state index in [1.165, 1.54) is 77.0 Å². The lowest BCUT2D eigenvalue weighted by molar-refractivity contribution is -0.161. The van der Waals surface area contributed by atoms with E-state index in [1.807, 2.05) is 0 Å². The van der Waals surface area contributed by atoms with Crippen molar-refractivity contribution >= 4 is 19.8 Å². The van der Waals surface area contributed by atoms with Gasteiger partial charge in [-0.15, -0.1) is 0 Å². The first-order valence-corrected chi connectivity index (χ1v) is 23.6. The molecule has 0 aliphatic heterocycles. The van der Waals surface area contributed by atoms with Gasteiger partial charge in [-0.05, 0) is 70.6 Å². The molecule has 2 unspecified atom stereocenters. The van der Waals surface area contributed by atoms with Gasteiger partial charge in [0.1, 0.15) is 6.61 Å². The summed E-state index contributed by atoms with van der Waals surface area (Å²) in [5.74, 6) is -0.850. The summed E-state index contributed by atoms with van der Waals surface area (Å²) in [6.45, 7) is 3.64. The molecule has 9 nitrogen and oxygen atoms in total. The van der Waals surface area contributed by atoms with Crippen molar-refractivity contribution in [3.05, 3.63) is 48.6 Å². The van der Waals surface area contributed by atoms with Crippen molar-refractivity contribution in [3.8, 4) is 0 Å². The highest BCUT2D eigenvalue weighted by Gasteiger charge is 2.26. The number of phosphoric ester groups is 1. The van der Waals surface area contributed by atoms with Crippen LogP contribution < -0.4 is 5.73 Å². The van der Waals surface area contributed by atoms with E-state index in [1.54, 1.807) is 0 Å². The van der Waals surface area contributed by atoms with Crippen LogP contribution in [0.3, 0.4) is 0 Å². The fraction of sp³-hybridized carbons (Fsp3) is 0.778. The minimum Gasteiger partial charge on any atom is -0.462 e. The third kappa shape index (κ3) is 41.4. The van der Waals surface area contributed by atoms with E-state index in [4.69, 9.17) is 24.3 Å².